The molecule has 0 spiro atoms. The second-order valence-corrected chi connectivity index (χ2v) is 3.79. The molecule has 0 bridgehead atoms. The van der Waals surface area contributed by atoms with Crippen molar-refractivity contribution in [2.75, 3.05) is 17.6 Å². The number of carboxylic acid groups (broad SMARTS) is 1. The molecular weight excluding hydrogens is 237 g/mol. The number of halogens is 1. The van der Waals surface area contributed by atoms with Gasteiger partial charge in [0.1, 0.15) is 11.6 Å². The van der Waals surface area contributed by atoms with Gasteiger partial charge >= 0.3 is 5.97 Å². The molecule has 0 fully saturated rings. The maximum atomic E-state index is 13.6. The van der Waals surface area contributed by atoms with Gasteiger partial charge in [-0.25, -0.2) is 9.37 Å². The minimum atomic E-state index is -0.915. The summed E-state index contributed by atoms with van der Waals surface area (Å²) >= 11 is 0. The van der Waals surface area contributed by atoms with Crippen LogP contribution in [0.5, 0.6) is 0 Å². The van der Waals surface area contributed by atoms with Gasteiger partial charge in [0.15, 0.2) is 0 Å². The molecule has 0 saturated carbocycles. The van der Waals surface area contributed by atoms with Crippen molar-refractivity contribution in [3.05, 3.63) is 30.2 Å². The fraction of sp³-hybridized carbons (Fsp3) is 0.167. The molecule has 0 aliphatic rings. The minimum Gasteiger partial charge on any atom is -0.481 e. The van der Waals surface area contributed by atoms with E-state index in [0.29, 0.717) is 22.3 Å². The molecule has 0 aliphatic heterocycles. The summed E-state index contributed by atoms with van der Waals surface area (Å²) in [6.45, 7) is 0.206. The van der Waals surface area contributed by atoms with Crippen molar-refractivity contribution < 1.29 is 14.3 Å². The predicted octanol–water partition coefficient (Wildman–Crippen LogP) is 1.84. The van der Waals surface area contributed by atoms with Crippen LogP contribution in [0.2, 0.25) is 0 Å². The number of nitrogens with zero attached hydrogens (tertiary/aromatic N) is 1. The Bertz CT molecular complexity index is 601. The van der Waals surface area contributed by atoms with E-state index < -0.39 is 5.97 Å². The largest absolute Gasteiger partial charge is 0.481 e. The third kappa shape index (κ3) is 2.32. The molecule has 1 heterocycles. The number of hydrogen-bond donors (Lipinski definition) is 3. The molecule has 0 aliphatic carbocycles. The van der Waals surface area contributed by atoms with E-state index in [-0.39, 0.29) is 18.8 Å². The number of fused-ring (bicyclic) bond motifs is 1. The van der Waals surface area contributed by atoms with Crippen LogP contribution in [0.3, 0.4) is 0 Å². The molecule has 0 radical (unpaired) electrons. The van der Waals surface area contributed by atoms with Crippen LogP contribution in [0.25, 0.3) is 10.8 Å². The lowest BCUT2D eigenvalue weighted by molar-refractivity contribution is -0.136. The molecular formula is C12H12FN3O2. The number of benzene rings is 1. The van der Waals surface area contributed by atoms with Gasteiger partial charge in [-0.2, -0.15) is 0 Å². The molecule has 18 heavy (non-hydrogen) atoms. The second kappa shape index (κ2) is 4.87. The number of hydrogen-bond acceptors (Lipinski definition) is 4. The Balaban J connectivity index is 2.38. The smallest absolute Gasteiger partial charge is 0.305 e. The summed E-state index contributed by atoms with van der Waals surface area (Å²) in [7, 11) is 0. The van der Waals surface area contributed by atoms with Gasteiger partial charge in [-0.3, -0.25) is 4.79 Å². The average Bonchev–Trinajstić information content (AvgIpc) is 2.33. The van der Waals surface area contributed by atoms with Gasteiger partial charge < -0.3 is 16.2 Å². The highest BCUT2D eigenvalue weighted by Gasteiger charge is 2.09. The van der Waals surface area contributed by atoms with Crippen molar-refractivity contribution in [2.45, 2.75) is 6.42 Å². The van der Waals surface area contributed by atoms with Gasteiger partial charge in [-0.15, -0.1) is 0 Å². The maximum absolute atomic E-state index is 13.6. The van der Waals surface area contributed by atoms with Crippen LogP contribution in [0.15, 0.2) is 24.4 Å². The monoisotopic (exact) mass is 249 g/mol. The average molecular weight is 249 g/mol. The molecule has 4 N–H and O–H groups in total. The molecule has 0 unspecified atom stereocenters. The first kappa shape index (κ1) is 12.1. The molecule has 2 aromatic rings. The van der Waals surface area contributed by atoms with Crippen LogP contribution in [0.4, 0.5) is 15.9 Å². The van der Waals surface area contributed by atoms with Gasteiger partial charge in [0.25, 0.3) is 0 Å². The Hall–Kier alpha value is -2.37. The van der Waals surface area contributed by atoms with Crippen LogP contribution >= 0.6 is 0 Å². The Morgan fingerprint density at radius 2 is 2.22 bits per heavy atom. The zero-order chi connectivity index (χ0) is 13.1. The summed E-state index contributed by atoms with van der Waals surface area (Å²) in [4.78, 5) is 14.5. The third-order valence-corrected chi connectivity index (χ3v) is 2.54. The van der Waals surface area contributed by atoms with Crippen molar-refractivity contribution in [1.82, 2.24) is 4.98 Å². The lowest BCUT2D eigenvalue weighted by atomic mass is 10.1. The summed E-state index contributed by atoms with van der Waals surface area (Å²) in [5.74, 6) is -0.907. The highest BCUT2D eigenvalue weighted by atomic mass is 19.1. The van der Waals surface area contributed by atoms with Gasteiger partial charge in [0.05, 0.1) is 11.8 Å². The summed E-state index contributed by atoms with van der Waals surface area (Å²) in [5, 5.41) is 12.2. The second-order valence-electron chi connectivity index (χ2n) is 3.79. The van der Waals surface area contributed by atoms with E-state index in [1.54, 1.807) is 0 Å². The Labute approximate surface area is 102 Å². The summed E-state index contributed by atoms with van der Waals surface area (Å²) in [6, 6.07) is 4.28. The van der Waals surface area contributed by atoms with Crippen molar-refractivity contribution in [3.8, 4) is 0 Å². The van der Waals surface area contributed by atoms with E-state index in [0.717, 1.165) is 0 Å². The Morgan fingerprint density at radius 3 is 2.94 bits per heavy atom. The number of anilines is 2. The van der Waals surface area contributed by atoms with E-state index in [2.05, 4.69) is 10.3 Å². The third-order valence-electron chi connectivity index (χ3n) is 2.54. The zero-order valence-corrected chi connectivity index (χ0v) is 9.48. The van der Waals surface area contributed by atoms with E-state index in [4.69, 9.17) is 10.8 Å². The first-order valence-corrected chi connectivity index (χ1v) is 5.38. The number of carbonyl (C=O) groups is 1. The van der Waals surface area contributed by atoms with Gasteiger partial charge in [-0.1, -0.05) is 0 Å². The summed E-state index contributed by atoms with van der Waals surface area (Å²) in [5.41, 5.74) is 6.19. The quantitative estimate of drug-likeness (QED) is 0.719. The first-order valence-electron chi connectivity index (χ1n) is 5.38. The molecule has 94 valence electrons. The lowest BCUT2D eigenvalue weighted by Crippen LogP contribution is -2.09. The van der Waals surface area contributed by atoms with Crippen molar-refractivity contribution in [3.63, 3.8) is 0 Å². The van der Waals surface area contributed by atoms with E-state index in [9.17, 15) is 9.18 Å². The van der Waals surface area contributed by atoms with Crippen LogP contribution < -0.4 is 11.1 Å². The van der Waals surface area contributed by atoms with E-state index in [1.165, 1.54) is 24.4 Å². The number of carboxylic acids is 1. The molecule has 1 aromatic carbocycles. The SMILES string of the molecule is Nc1ccc(F)c2ccnc(NCCC(=O)O)c12. The summed E-state index contributed by atoms with van der Waals surface area (Å²) < 4.78 is 13.6. The van der Waals surface area contributed by atoms with Crippen LogP contribution in [0, 0.1) is 5.82 Å². The number of pyridine rings is 1. The first-order chi connectivity index (χ1) is 8.59. The highest BCUT2D eigenvalue weighted by Crippen LogP contribution is 2.28. The lowest BCUT2D eigenvalue weighted by Gasteiger charge is -2.10. The number of nitrogens with two attached hydrogens (primary N) is 1. The predicted molar refractivity (Wildman–Crippen MR) is 66.9 cm³/mol. The number of nitrogen functional groups attached to an aromatic ring is 1. The number of rotatable bonds is 4. The minimum absolute atomic E-state index is 0.0483. The standard InChI is InChI=1S/C12H12FN3O2/c13-8-1-2-9(14)11-7(8)3-5-15-12(11)16-6-4-10(17)18/h1-3,5H,4,6,14H2,(H,15,16)(H,17,18). The molecule has 6 heteroatoms. The summed E-state index contributed by atoms with van der Waals surface area (Å²) in [6.07, 6.45) is 1.40. The molecule has 2 rings (SSSR count). The highest BCUT2D eigenvalue weighted by molar-refractivity contribution is 6.01. The molecule has 0 saturated heterocycles. The zero-order valence-electron chi connectivity index (χ0n) is 9.48. The molecule has 5 nitrogen and oxygen atoms in total. The topological polar surface area (TPSA) is 88.2 Å². The normalized spacial score (nSPS) is 10.5. The maximum Gasteiger partial charge on any atom is 0.305 e. The number of nitrogens with one attached hydrogen (secondary N) is 1. The Morgan fingerprint density at radius 1 is 1.44 bits per heavy atom. The van der Waals surface area contributed by atoms with E-state index in [1.807, 2.05) is 0 Å². The van der Waals surface area contributed by atoms with Crippen LogP contribution in [-0.2, 0) is 4.79 Å². The van der Waals surface area contributed by atoms with Crippen molar-refractivity contribution in [2.24, 2.45) is 0 Å². The Kier molecular flexibility index (Phi) is 3.27. The van der Waals surface area contributed by atoms with Gasteiger partial charge in [-0.05, 0) is 18.2 Å². The van der Waals surface area contributed by atoms with Gasteiger partial charge in [0.2, 0.25) is 0 Å². The van der Waals surface area contributed by atoms with E-state index >= 15 is 0 Å². The van der Waals surface area contributed by atoms with Gasteiger partial charge in [0, 0.05) is 23.8 Å². The van der Waals surface area contributed by atoms with Crippen molar-refractivity contribution in [1.29, 1.82) is 0 Å². The van der Waals surface area contributed by atoms with Crippen LogP contribution in [-0.4, -0.2) is 22.6 Å². The molecule has 0 amide bonds. The fourth-order valence-corrected chi connectivity index (χ4v) is 1.71. The number of aliphatic carboxylic acids is 1. The van der Waals surface area contributed by atoms with Crippen LogP contribution in [0.1, 0.15) is 6.42 Å². The van der Waals surface area contributed by atoms with Crippen molar-refractivity contribution >= 4 is 28.2 Å². The molecule has 0 atom stereocenters. The number of aromatic nitrogens is 1. The molecule has 1 aromatic heterocycles. The fourth-order valence-electron chi connectivity index (χ4n) is 1.71.